The zero-order chi connectivity index (χ0) is 17.5. The molecule has 1 amide bonds. The zero-order valence-electron chi connectivity index (χ0n) is 14.7. The summed E-state index contributed by atoms with van der Waals surface area (Å²) in [7, 11) is 0. The van der Waals surface area contributed by atoms with E-state index in [2.05, 4.69) is 15.6 Å². The first-order chi connectivity index (χ1) is 11.5. The average Bonchev–Trinajstić information content (AvgIpc) is 3.02. The third-order valence-corrected chi connectivity index (χ3v) is 4.26. The van der Waals surface area contributed by atoms with Gasteiger partial charge in [0.2, 0.25) is 5.91 Å². The summed E-state index contributed by atoms with van der Waals surface area (Å²) in [5.41, 5.74) is 1.11. The van der Waals surface area contributed by atoms with Crippen LogP contribution in [-0.4, -0.2) is 42.4 Å². The molecule has 1 aromatic rings. The Hall–Kier alpha value is -1.75. The lowest BCUT2D eigenvalue weighted by Gasteiger charge is -2.20. The van der Waals surface area contributed by atoms with Gasteiger partial charge in [0.05, 0.1) is 6.54 Å². The molecule has 0 bridgehead atoms. The predicted octanol–water partition coefficient (Wildman–Crippen LogP) is 2.65. The van der Waals surface area contributed by atoms with Gasteiger partial charge in [-0.1, -0.05) is 37.6 Å². The van der Waals surface area contributed by atoms with Gasteiger partial charge in [0.1, 0.15) is 0 Å². The Kier molecular flexibility index (Phi) is 6.91. The van der Waals surface area contributed by atoms with Crippen LogP contribution in [0.25, 0.3) is 0 Å². The number of rotatable bonds is 5. The zero-order valence-corrected chi connectivity index (χ0v) is 15.4. The molecule has 1 aliphatic rings. The molecule has 1 fully saturated rings. The Bertz CT molecular complexity index is 571. The van der Waals surface area contributed by atoms with E-state index < -0.39 is 0 Å². The molecule has 5 nitrogen and oxygen atoms in total. The number of halogens is 1. The van der Waals surface area contributed by atoms with Crippen LogP contribution < -0.4 is 10.6 Å². The summed E-state index contributed by atoms with van der Waals surface area (Å²) in [6.07, 6.45) is 0.948. The number of guanidine groups is 1. The van der Waals surface area contributed by atoms with Crippen molar-refractivity contribution < 1.29 is 4.79 Å². The minimum Gasteiger partial charge on any atom is -0.357 e. The molecule has 0 aromatic heterocycles. The Labute approximate surface area is 149 Å². The molecule has 1 heterocycles. The molecule has 2 rings (SSSR count). The maximum Gasteiger partial charge on any atom is 0.225 e. The van der Waals surface area contributed by atoms with Crippen molar-refractivity contribution >= 4 is 23.5 Å². The van der Waals surface area contributed by atoms with Crippen LogP contribution in [0, 0.1) is 5.92 Å². The number of hydrogen-bond donors (Lipinski definition) is 2. The molecule has 0 radical (unpaired) electrons. The van der Waals surface area contributed by atoms with Crippen LogP contribution in [0.4, 0.5) is 0 Å². The Balaban J connectivity index is 1.92. The maximum atomic E-state index is 12.1. The summed E-state index contributed by atoms with van der Waals surface area (Å²) >= 11 is 5.91. The van der Waals surface area contributed by atoms with Crippen molar-refractivity contribution in [3.05, 3.63) is 34.9 Å². The van der Waals surface area contributed by atoms with Gasteiger partial charge in [0.15, 0.2) is 5.96 Å². The molecule has 1 atom stereocenters. The van der Waals surface area contributed by atoms with Gasteiger partial charge in [-0.15, -0.1) is 0 Å². The fourth-order valence-electron chi connectivity index (χ4n) is 2.72. The summed E-state index contributed by atoms with van der Waals surface area (Å²) in [6.45, 7) is 8.87. The van der Waals surface area contributed by atoms with Crippen LogP contribution in [0.15, 0.2) is 29.3 Å². The molecule has 132 valence electrons. The summed E-state index contributed by atoms with van der Waals surface area (Å²) in [6, 6.07) is 7.95. The van der Waals surface area contributed by atoms with Gasteiger partial charge in [-0.2, -0.15) is 0 Å². The Morgan fingerprint density at radius 2 is 2.08 bits per heavy atom. The fraction of sp³-hybridized carbons (Fsp3) is 0.556. The SMILES string of the molecule is CCNC(=NCc1ccc(Cl)cc1)NC1CCN(C(=O)C(C)C)C1. The molecule has 0 spiro atoms. The van der Waals surface area contributed by atoms with E-state index in [1.165, 1.54) is 0 Å². The normalized spacial score (nSPS) is 18.1. The van der Waals surface area contributed by atoms with Crippen LogP contribution in [0.1, 0.15) is 32.8 Å². The van der Waals surface area contributed by atoms with Crippen LogP contribution in [0.2, 0.25) is 5.02 Å². The van der Waals surface area contributed by atoms with Crippen LogP contribution in [0.3, 0.4) is 0 Å². The topological polar surface area (TPSA) is 56.7 Å². The van der Waals surface area contributed by atoms with E-state index in [1.54, 1.807) is 0 Å². The van der Waals surface area contributed by atoms with Gasteiger partial charge in [0.25, 0.3) is 0 Å². The molecule has 1 saturated heterocycles. The summed E-state index contributed by atoms with van der Waals surface area (Å²) in [5, 5.41) is 7.44. The van der Waals surface area contributed by atoms with Gasteiger partial charge < -0.3 is 15.5 Å². The molecule has 1 aliphatic heterocycles. The van der Waals surface area contributed by atoms with E-state index in [9.17, 15) is 4.79 Å². The first-order valence-electron chi connectivity index (χ1n) is 8.57. The number of hydrogen-bond acceptors (Lipinski definition) is 2. The monoisotopic (exact) mass is 350 g/mol. The fourth-order valence-corrected chi connectivity index (χ4v) is 2.84. The second-order valence-corrected chi connectivity index (χ2v) is 6.83. The van der Waals surface area contributed by atoms with Crippen molar-refractivity contribution in [3.8, 4) is 0 Å². The van der Waals surface area contributed by atoms with E-state index in [4.69, 9.17) is 11.6 Å². The van der Waals surface area contributed by atoms with Gasteiger partial charge in [0, 0.05) is 36.6 Å². The lowest BCUT2D eigenvalue weighted by atomic mass is 10.2. The molecule has 6 heteroatoms. The molecule has 1 unspecified atom stereocenters. The summed E-state index contributed by atoms with van der Waals surface area (Å²) in [4.78, 5) is 18.6. The second-order valence-electron chi connectivity index (χ2n) is 6.39. The highest BCUT2D eigenvalue weighted by Crippen LogP contribution is 2.13. The van der Waals surface area contributed by atoms with Crippen molar-refractivity contribution in [2.45, 2.75) is 39.8 Å². The van der Waals surface area contributed by atoms with Gasteiger partial charge >= 0.3 is 0 Å². The maximum absolute atomic E-state index is 12.1. The van der Waals surface area contributed by atoms with Gasteiger partial charge in [-0.3, -0.25) is 4.79 Å². The minimum atomic E-state index is 0.0514. The van der Waals surface area contributed by atoms with Crippen molar-refractivity contribution in [3.63, 3.8) is 0 Å². The quantitative estimate of drug-likeness (QED) is 0.634. The highest BCUT2D eigenvalue weighted by atomic mass is 35.5. The van der Waals surface area contributed by atoms with Gasteiger partial charge in [-0.05, 0) is 31.0 Å². The molecular weight excluding hydrogens is 324 g/mol. The highest BCUT2D eigenvalue weighted by Gasteiger charge is 2.27. The highest BCUT2D eigenvalue weighted by molar-refractivity contribution is 6.30. The Morgan fingerprint density at radius 3 is 2.71 bits per heavy atom. The largest absolute Gasteiger partial charge is 0.357 e. The third kappa shape index (κ3) is 5.41. The average molecular weight is 351 g/mol. The van der Waals surface area contributed by atoms with E-state index in [-0.39, 0.29) is 17.9 Å². The van der Waals surface area contributed by atoms with Crippen LogP contribution >= 0.6 is 11.6 Å². The number of amides is 1. The minimum absolute atomic E-state index is 0.0514. The number of carbonyl (C=O) groups excluding carboxylic acids is 1. The van der Waals surface area contributed by atoms with E-state index in [1.807, 2.05) is 49.9 Å². The van der Waals surface area contributed by atoms with E-state index in [0.717, 1.165) is 42.6 Å². The Morgan fingerprint density at radius 1 is 1.38 bits per heavy atom. The number of nitrogens with zero attached hydrogens (tertiary/aromatic N) is 2. The van der Waals surface area contributed by atoms with Crippen molar-refractivity contribution in [1.29, 1.82) is 0 Å². The molecule has 0 aliphatic carbocycles. The predicted molar refractivity (Wildman–Crippen MR) is 99.2 cm³/mol. The number of benzene rings is 1. The first-order valence-corrected chi connectivity index (χ1v) is 8.95. The second kappa shape index (κ2) is 8.92. The van der Waals surface area contributed by atoms with Crippen molar-refractivity contribution in [2.24, 2.45) is 10.9 Å². The molecule has 24 heavy (non-hydrogen) atoms. The molecule has 1 aromatic carbocycles. The first kappa shape index (κ1) is 18.6. The molecular formula is C18H27ClN4O. The van der Waals surface area contributed by atoms with E-state index >= 15 is 0 Å². The molecule has 0 saturated carbocycles. The van der Waals surface area contributed by atoms with Crippen LogP contribution in [0.5, 0.6) is 0 Å². The lowest BCUT2D eigenvalue weighted by Crippen LogP contribution is -2.45. The number of aliphatic imine (C=N–C) groups is 1. The van der Waals surface area contributed by atoms with E-state index in [0.29, 0.717) is 6.54 Å². The number of nitrogens with one attached hydrogen (secondary N) is 2. The smallest absolute Gasteiger partial charge is 0.225 e. The summed E-state index contributed by atoms with van der Waals surface area (Å²) < 4.78 is 0. The number of carbonyl (C=O) groups is 1. The summed E-state index contributed by atoms with van der Waals surface area (Å²) in [5.74, 6) is 1.06. The third-order valence-electron chi connectivity index (χ3n) is 4.01. The standard InChI is InChI=1S/C18H27ClN4O/c1-4-20-18(21-11-14-5-7-15(19)8-6-14)22-16-9-10-23(12-16)17(24)13(2)3/h5-8,13,16H,4,9-12H2,1-3H3,(H2,20,21,22). The van der Waals surface area contributed by atoms with Crippen LogP contribution in [-0.2, 0) is 11.3 Å². The lowest BCUT2D eigenvalue weighted by molar-refractivity contribution is -0.133. The van der Waals surface area contributed by atoms with Crippen molar-refractivity contribution in [2.75, 3.05) is 19.6 Å². The number of likely N-dealkylation sites (tertiary alicyclic amines) is 1. The molecule has 2 N–H and O–H groups in total. The van der Waals surface area contributed by atoms with Crippen molar-refractivity contribution in [1.82, 2.24) is 15.5 Å². The van der Waals surface area contributed by atoms with Gasteiger partial charge in [-0.25, -0.2) is 4.99 Å².